The summed E-state index contributed by atoms with van der Waals surface area (Å²) in [4.78, 5) is 6.78. The van der Waals surface area contributed by atoms with Gasteiger partial charge in [0.2, 0.25) is 0 Å². The molecule has 0 amide bonds. The lowest BCUT2D eigenvalue weighted by Crippen LogP contribution is -2.39. The maximum Gasteiger partial charge on any atom is 0.167 e. The number of hydrogen-bond donors (Lipinski definition) is 2. The number of ether oxygens (including phenoxy) is 1. The Balaban J connectivity index is 2.00. The first-order valence-corrected chi connectivity index (χ1v) is 6.22. The number of nitrogens with one attached hydrogen (secondary N) is 1. The van der Waals surface area contributed by atoms with Crippen LogP contribution in [0.2, 0.25) is 0 Å². The zero-order valence-corrected chi connectivity index (χ0v) is 10.5. The molecule has 2 rings (SSSR count). The van der Waals surface area contributed by atoms with E-state index in [0.717, 1.165) is 38.5 Å². The minimum atomic E-state index is -0.143. The van der Waals surface area contributed by atoms with Gasteiger partial charge in [-0.3, -0.25) is 10.00 Å². The van der Waals surface area contributed by atoms with Crippen LogP contribution in [0.5, 0.6) is 0 Å². The molecule has 0 saturated carbocycles. The average Bonchev–Trinajstić information content (AvgIpc) is 2.79. The predicted octanol–water partition coefficient (Wildman–Crippen LogP) is 0.608. The topological polar surface area (TPSA) is 80.1 Å². The monoisotopic (exact) mass is 239 g/mol. The minimum Gasteiger partial charge on any atom is -0.368 e. The van der Waals surface area contributed by atoms with Crippen molar-refractivity contribution < 1.29 is 4.74 Å². The van der Waals surface area contributed by atoms with Crippen LogP contribution < -0.4 is 5.73 Å². The van der Waals surface area contributed by atoms with Crippen LogP contribution in [0, 0.1) is 0 Å². The summed E-state index contributed by atoms with van der Waals surface area (Å²) in [5, 5.41) is 7.03. The Hall–Kier alpha value is -0.980. The van der Waals surface area contributed by atoms with Crippen molar-refractivity contribution in [3.8, 4) is 0 Å². The molecule has 0 aliphatic carbocycles. The molecule has 96 valence electrons. The molecule has 0 aromatic carbocycles. The van der Waals surface area contributed by atoms with E-state index in [9.17, 15) is 0 Å². The van der Waals surface area contributed by atoms with Gasteiger partial charge in [-0.15, -0.1) is 0 Å². The van der Waals surface area contributed by atoms with Crippen LogP contribution in [0.25, 0.3) is 0 Å². The van der Waals surface area contributed by atoms with Crippen molar-refractivity contribution in [2.24, 2.45) is 5.73 Å². The second kappa shape index (κ2) is 5.57. The third-order valence-electron chi connectivity index (χ3n) is 2.92. The fourth-order valence-electron chi connectivity index (χ4n) is 2.02. The lowest BCUT2D eigenvalue weighted by Gasteiger charge is -2.31. The molecule has 1 fully saturated rings. The molecule has 6 heteroatoms. The van der Waals surface area contributed by atoms with E-state index in [1.807, 2.05) is 6.92 Å². The molecule has 1 aromatic rings. The van der Waals surface area contributed by atoms with E-state index in [2.05, 4.69) is 27.0 Å². The second-order valence-corrected chi connectivity index (χ2v) is 4.53. The molecule has 1 aliphatic rings. The number of H-pyrrole nitrogens is 1. The van der Waals surface area contributed by atoms with Gasteiger partial charge in [-0.2, -0.15) is 5.10 Å². The molecule has 2 unspecified atom stereocenters. The van der Waals surface area contributed by atoms with Gasteiger partial charge in [-0.05, 0) is 19.9 Å². The average molecular weight is 239 g/mol. The van der Waals surface area contributed by atoms with Gasteiger partial charge in [-0.25, -0.2) is 4.98 Å². The largest absolute Gasteiger partial charge is 0.368 e. The molecular formula is C11H21N5O. The fourth-order valence-corrected chi connectivity index (χ4v) is 2.02. The molecule has 1 saturated heterocycles. The summed E-state index contributed by atoms with van der Waals surface area (Å²) in [6.45, 7) is 7.79. The van der Waals surface area contributed by atoms with Crippen LogP contribution in [0.15, 0.2) is 0 Å². The Morgan fingerprint density at radius 3 is 3.12 bits per heavy atom. The van der Waals surface area contributed by atoms with Gasteiger partial charge in [0, 0.05) is 13.1 Å². The molecule has 0 spiro atoms. The van der Waals surface area contributed by atoms with Crippen LogP contribution in [0.1, 0.15) is 44.1 Å². The predicted molar refractivity (Wildman–Crippen MR) is 64.4 cm³/mol. The molecule has 2 heterocycles. The number of aromatic amines is 1. The van der Waals surface area contributed by atoms with Crippen LogP contribution in [0.4, 0.5) is 0 Å². The highest BCUT2D eigenvalue weighted by atomic mass is 16.5. The standard InChI is InChI=1S/C11H21N5O/c1-3-4-16-5-6-17-9(7-16)11-13-10(8(2)12)14-15-11/h8-9H,3-7,12H2,1-2H3,(H,13,14,15). The van der Waals surface area contributed by atoms with E-state index in [4.69, 9.17) is 10.5 Å². The third kappa shape index (κ3) is 3.02. The van der Waals surface area contributed by atoms with Gasteiger partial charge in [-0.1, -0.05) is 6.92 Å². The lowest BCUT2D eigenvalue weighted by atomic mass is 10.2. The van der Waals surface area contributed by atoms with Crippen molar-refractivity contribution in [1.29, 1.82) is 0 Å². The first kappa shape index (κ1) is 12.5. The minimum absolute atomic E-state index is 0.00435. The summed E-state index contributed by atoms with van der Waals surface area (Å²) in [6, 6.07) is -0.143. The van der Waals surface area contributed by atoms with Crippen LogP contribution in [-0.2, 0) is 4.74 Å². The summed E-state index contributed by atoms with van der Waals surface area (Å²) in [6.07, 6.45) is 1.16. The summed E-state index contributed by atoms with van der Waals surface area (Å²) >= 11 is 0. The summed E-state index contributed by atoms with van der Waals surface area (Å²) in [7, 11) is 0. The maximum absolute atomic E-state index is 5.74. The van der Waals surface area contributed by atoms with E-state index in [1.54, 1.807) is 0 Å². The van der Waals surface area contributed by atoms with Crippen molar-refractivity contribution in [2.75, 3.05) is 26.2 Å². The van der Waals surface area contributed by atoms with Crippen molar-refractivity contribution in [3.05, 3.63) is 11.6 Å². The highest BCUT2D eigenvalue weighted by Crippen LogP contribution is 2.19. The zero-order valence-electron chi connectivity index (χ0n) is 10.5. The lowest BCUT2D eigenvalue weighted by molar-refractivity contribution is -0.0340. The zero-order chi connectivity index (χ0) is 12.3. The number of aromatic nitrogens is 3. The Bertz CT molecular complexity index is 349. The van der Waals surface area contributed by atoms with Crippen molar-refractivity contribution in [1.82, 2.24) is 20.1 Å². The molecule has 0 radical (unpaired) electrons. The number of nitrogens with two attached hydrogens (primary N) is 1. The van der Waals surface area contributed by atoms with Gasteiger partial charge in [0.15, 0.2) is 11.6 Å². The molecule has 3 N–H and O–H groups in total. The quantitative estimate of drug-likeness (QED) is 0.804. The van der Waals surface area contributed by atoms with Gasteiger partial charge in [0.25, 0.3) is 0 Å². The van der Waals surface area contributed by atoms with Crippen molar-refractivity contribution in [3.63, 3.8) is 0 Å². The molecule has 1 aromatic heterocycles. The van der Waals surface area contributed by atoms with Crippen molar-refractivity contribution >= 4 is 0 Å². The Kier molecular flexibility index (Phi) is 4.09. The van der Waals surface area contributed by atoms with E-state index in [0.29, 0.717) is 5.82 Å². The second-order valence-electron chi connectivity index (χ2n) is 4.53. The van der Waals surface area contributed by atoms with Gasteiger partial charge < -0.3 is 10.5 Å². The first-order chi connectivity index (χ1) is 8.20. The normalized spacial score (nSPS) is 23.8. The highest BCUT2D eigenvalue weighted by molar-refractivity contribution is 4.99. The Morgan fingerprint density at radius 2 is 2.47 bits per heavy atom. The number of morpholine rings is 1. The highest BCUT2D eigenvalue weighted by Gasteiger charge is 2.24. The van der Waals surface area contributed by atoms with E-state index in [-0.39, 0.29) is 12.1 Å². The van der Waals surface area contributed by atoms with Gasteiger partial charge in [0.1, 0.15) is 6.10 Å². The summed E-state index contributed by atoms with van der Waals surface area (Å²) in [5.41, 5.74) is 5.74. The Labute approximate surface area is 102 Å². The first-order valence-electron chi connectivity index (χ1n) is 6.22. The third-order valence-corrected chi connectivity index (χ3v) is 2.92. The molecule has 1 aliphatic heterocycles. The smallest absolute Gasteiger partial charge is 0.167 e. The molecular weight excluding hydrogens is 218 g/mol. The van der Waals surface area contributed by atoms with E-state index in [1.165, 1.54) is 0 Å². The Morgan fingerprint density at radius 1 is 1.65 bits per heavy atom. The number of nitrogens with zero attached hydrogens (tertiary/aromatic N) is 3. The van der Waals surface area contributed by atoms with Gasteiger partial charge >= 0.3 is 0 Å². The van der Waals surface area contributed by atoms with Crippen LogP contribution in [-0.4, -0.2) is 46.3 Å². The number of hydrogen-bond acceptors (Lipinski definition) is 5. The van der Waals surface area contributed by atoms with Gasteiger partial charge in [0.05, 0.1) is 12.6 Å². The van der Waals surface area contributed by atoms with E-state index < -0.39 is 0 Å². The number of rotatable bonds is 4. The molecule has 17 heavy (non-hydrogen) atoms. The van der Waals surface area contributed by atoms with Crippen LogP contribution >= 0.6 is 0 Å². The molecule has 2 atom stereocenters. The summed E-state index contributed by atoms with van der Waals surface area (Å²) < 4.78 is 5.72. The molecule has 6 nitrogen and oxygen atoms in total. The SMILES string of the molecule is CCCN1CCOC(c2nc(C(C)N)n[nH]2)C1. The fraction of sp³-hybridized carbons (Fsp3) is 0.818. The maximum atomic E-state index is 5.74. The summed E-state index contributed by atoms with van der Waals surface area (Å²) in [5.74, 6) is 1.44. The van der Waals surface area contributed by atoms with Crippen LogP contribution in [0.3, 0.4) is 0 Å². The van der Waals surface area contributed by atoms with Crippen molar-refractivity contribution in [2.45, 2.75) is 32.4 Å². The van der Waals surface area contributed by atoms with E-state index >= 15 is 0 Å². The molecule has 0 bridgehead atoms.